The van der Waals surface area contributed by atoms with E-state index in [0.717, 1.165) is 0 Å². The highest BCUT2D eigenvalue weighted by Crippen LogP contribution is 2.48. The van der Waals surface area contributed by atoms with Crippen LogP contribution in [0.3, 0.4) is 0 Å². The summed E-state index contributed by atoms with van der Waals surface area (Å²) in [6, 6.07) is 0. The van der Waals surface area contributed by atoms with E-state index >= 15 is 0 Å². The zero-order valence-corrected chi connectivity index (χ0v) is 10.7. The van der Waals surface area contributed by atoms with E-state index < -0.39 is 48.2 Å². The molecule has 1 atom stereocenters. The predicted octanol–water partition coefficient (Wildman–Crippen LogP) is -1.39. The van der Waals surface area contributed by atoms with Crippen molar-refractivity contribution in [2.24, 2.45) is 5.41 Å². The molecule has 8 nitrogen and oxygen atoms in total. The summed E-state index contributed by atoms with van der Waals surface area (Å²) in [4.78, 5) is 23.8. The Morgan fingerprint density at radius 1 is 0.875 bits per heavy atom. The van der Waals surface area contributed by atoms with Gasteiger partial charge in [-0.05, 0) is 11.2 Å². The fourth-order valence-corrected chi connectivity index (χ4v) is 1.34. The van der Waals surface area contributed by atoms with E-state index in [9.17, 15) is 0 Å². The molecule has 100 valence electrons. The molecule has 0 rings (SSSR count). The number of hydrogen-bond acceptors (Lipinski definition) is 8. The number of rotatable bonds is 6. The van der Waals surface area contributed by atoms with Crippen LogP contribution in [0, 0.1) is 5.41 Å². The van der Waals surface area contributed by atoms with Gasteiger partial charge in [0.05, 0.1) is 31.8 Å². The van der Waals surface area contributed by atoms with E-state index in [-0.39, 0.29) is 0 Å². The molecule has 0 saturated carbocycles. The molecule has 0 aliphatic rings. The fourth-order valence-electron chi connectivity index (χ4n) is 0.360. The van der Waals surface area contributed by atoms with Gasteiger partial charge >= 0.3 is 8.60 Å². The van der Waals surface area contributed by atoms with Crippen LogP contribution in [0.4, 0.5) is 0 Å². The molecule has 7 N–H and O–H groups in total. The van der Waals surface area contributed by atoms with Gasteiger partial charge in [0, 0.05) is 0 Å². The molecule has 16 heavy (non-hydrogen) atoms. The standard InChI is InChI=1S/C5H12O4.ClH3O4P2/c6-1-5(2-7,3-8)4-9;1-6(2)5-7(3)4/h6-9H,1-4H2;2-4H. The molecule has 0 aliphatic heterocycles. The van der Waals surface area contributed by atoms with Crippen molar-refractivity contribution in [3.8, 4) is 0 Å². The van der Waals surface area contributed by atoms with E-state index in [1.54, 1.807) is 0 Å². The van der Waals surface area contributed by atoms with Gasteiger partial charge in [-0.3, -0.25) is 0 Å². The maximum atomic E-state index is 8.50. The van der Waals surface area contributed by atoms with Crippen LogP contribution >= 0.6 is 27.6 Å². The second-order valence-corrected chi connectivity index (χ2v) is 5.17. The summed E-state index contributed by atoms with van der Waals surface area (Å²) < 4.78 is 3.81. The zero-order chi connectivity index (χ0) is 13.2. The molecule has 0 spiro atoms. The zero-order valence-electron chi connectivity index (χ0n) is 8.14. The quantitative estimate of drug-likeness (QED) is 0.296. The SMILES string of the molecule is OCC(CO)(CO)CO.OP(O)OP(O)Cl. The molecule has 0 heterocycles. The van der Waals surface area contributed by atoms with Crippen molar-refractivity contribution in [2.45, 2.75) is 0 Å². The van der Waals surface area contributed by atoms with Crippen LogP contribution in [-0.2, 0) is 4.31 Å². The third kappa shape index (κ3) is 10.0. The average Bonchev–Trinajstić information content (AvgIpc) is 2.21. The van der Waals surface area contributed by atoms with Gasteiger partial charge in [0.25, 0.3) is 7.73 Å². The van der Waals surface area contributed by atoms with Crippen molar-refractivity contribution in [1.82, 2.24) is 0 Å². The summed E-state index contributed by atoms with van der Waals surface area (Å²) in [5.74, 6) is 0. The Bertz CT molecular complexity index is 132. The maximum absolute atomic E-state index is 8.50. The monoisotopic (exact) mass is 300 g/mol. The summed E-state index contributed by atoms with van der Waals surface area (Å²) in [7, 11) is -4.63. The van der Waals surface area contributed by atoms with Gasteiger partial charge in [-0.1, -0.05) is 0 Å². The van der Waals surface area contributed by atoms with Gasteiger partial charge in [0.1, 0.15) is 0 Å². The van der Waals surface area contributed by atoms with Gasteiger partial charge < -0.3 is 35.1 Å². The first kappa shape index (κ1) is 19.2. The van der Waals surface area contributed by atoms with Crippen molar-refractivity contribution in [3.63, 3.8) is 0 Å². The van der Waals surface area contributed by atoms with Crippen LogP contribution in [0.2, 0.25) is 0 Å². The maximum Gasteiger partial charge on any atom is 0.333 e. The molecular formula is C5H15ClO8P2. The lowest BCUT2D eigenvalue weighted by molar-refractivity contribution is -0.0328. The highest BCUT2D eigenvalue weighted by atomic mass is 35.7. The van der Waals surface area contributed by atoms with Gasteiger partial charge in [-0.15, -0.1) is 0 Å². The van der Waals surface area contributed by atoms with Crippen LogP contribution in [0.5, 0.6) is 0 Å². The first-order chi connectivity index (χ1) is 7.37. The molecule has 0 amide bonds. The molecular weight excluding hydrogens is 285 g/mol. The Hall–Kier alpha value is 0.830. The van der Waals surface area contributed by atoms with Gasteiger partial charge in [0.15, 0.2) is 0 Å². The first-order valence-electron chi connectivity index (χ1n) is 3.81. The summed E-state index contributed by atoms with van der Waals surface area (Å²) >= 11 is 4.77. The normalized spacial score (nSPS) is 13.3. The Morgan fingerprint density at radius 3 is 1.19 bits per heavy atom. The number of aliphatic hydroxyl groups is 4. The van der Waals surface area contributed by atoms with E-state index in [1.807, 2.05) is 0 Å². The number of hydrogen-bond donors (Lipinski definition) is 7. The third-order valence-electron chi connectivity index (χ3n) is 1.48. The van der Waals surface area contributed by atoms with Gasteiger partial charge in [-0.25, -0.2) is 4.31 Å². The molecule has 0 fully saturated rings. The van der Waals surface area contributed by atoms with Crippen molar-refractivity contribution in [3.05, 3.63) is 0 Å². The summed E-state index contributed by atoms with van der Waals surface area (Å²) in [5.41, 5.74) is -1.11. The highest BCUT2D eigenvalue weighted by molar-refractivity contribution is 7.78. The second kappa shape index (κ2) is 11.0. The second-order valence-electron chi connectivity index (χ2n) is 2.69. The number of aliphatic hydroxyl groups excluding tert-OH is 4. The van der Waals surface area contributed by atoms with Crippen LogP contribution in [0.25, 0.3) is 0 Å². The molecule has 0 aromatic heterocycles. The van der Waals surface area contributed by atoms with Crippen molar-refractivity contribution in [1.29, 1.82) is 0 Å². The molecule has 11 heteroatoms. The minimum atomic E-state index is -2.49. The molecule has 0 aromatic rings. The summed E-state index contributed by atoms with van der Waals surface area (Å²) in [6.07, 6.45) is 0. The molecule has 0 saturated heterocycles. The van der Waals surface area contributed by atoms with Crippen LogP contribution in [0.15, 0.2) is 0 Å². The van der Waals surface area contributed by atoms with E-state index in [4.69, 9.17) is 46.3 Å². The minimum Gasteiger partial charge on any atom is -0.396 e. The average molecular weight is 301 g/mol. The Balaban J connectivity index is 0. The topological polar surface area (TPSA) is 151 Å². The van der Waals surface area contributed by atoms with Crippen molar-refractivity contribution in [2.75, 3.05) is 26.4 Å². The van der Waals surface area contributed by atoms with Gasteiger partial charge in [-0.2, -0.15) is 0 Å². The summed E-state index contributed by atoms with van der Waals surface area (Å²) in [6.45, 7) is -1.62. The molecule has 1 unspecified atom stereocenters. The van der Waals surface area contributed by atoms with Crippen LogP contribution in [0.1, 0.15) is 0 Å². The smallest absolute Gasteiger partial charge is 0.333 e. The lowest BCUT2D eigenvalue weighted by Gasteiger charge is -2.23. The molecule has 0 aliphatic carbocycles. The van der Waals surface area contributed by atoms with E-state index in [1.165, 1.54) is 0 Å². The molecule has 0 radical (unpaired) electrons. The lowest BCUT2D eigenvalue weighted by atomic mass is 9.93. The lowest BCUT2D eigenvalue weighted by Crippen LogP contribution is -2.37. The van der Waals surface area contributed by atoms with Crippen molar-refractivity contribution < 1.29 is 39.4 Å². The van der Waals surface area contributed by atoms with Gasteiger partial charge in [0.2, 0.25) is 0 Å². The van der Waals surface area contributed by atoms with Crippen LogP contribution < -0.4 is 0 Å². The highest BCUT2D eigenvalue weighted by Gasteiger charge is 2.26. The minimum absolute atomic E-state index is 0.406. The number of halogens is 1. The Kier molecular flexibility index (Phi) is 13.1. The van der Waals surface area contributed by atoms with E-state index in [2.05, 4.69) is 4.31 Å². The first-order valence-corrected chi connectivity index (χ1v) is 7.10. The largest absolute Gasteiger partial charge is 0.396 e. The molecule has 0 bridgehead atoms. The Labute approximate surface area is 99.4 Å². The Morgan fingerprint density at radius 2 is 1.19 bits per heavy atom. The summed E-state index contributed by atoms with van der Waals surface area (Å²) in [5, 5.41) is 34.0. The third-order valence-corrected chi connectivity index (χ3v) is 3.16. The fraction of sp³-hybridized carbons (Fsp3) is 1.00. The van der Waals surface area contributed by atoms with E-state index in [0.29, 0.717) is 0 Å². The van der Waals surface area contributed by atoms with Crippen LogP contribution in [-0.4, -0.2) is 61.5 Å². The molecule has 0 aromatic carbocycles. The predicted molar refractivity (Wildman–Crippen MR) is 58.2 cm³/mol. The van der Waals surface area contributed by atoms with Crippen molar-refractivity contribution >= 4 is 27.6 Å².